The molecule has 1 aromatic carbocycles. The average molecular weight is 335 g/mol. The quantitative estimate of drug-likeness (QED) is 0.427. The number of phenols is 2. The Morgan fingerprint density at radius 2 is 2.00 bits per heavy atom. The van der Waals surface area contributed by atoms with E-state index in [1.165, 1.54) is 30.4 Å². The number of allylic oxidation sites excluding steroid dienone is 2. The number of nitrogens with one attached hydrogen (secondary N) is 1. The molecule has 1 heterocycles. The SMILES string of the molecule is N#C/C(=C\C=C\c1cc(O)cc(O)c1)C(=O)NCCc1ccccn1. The number of carbonyl (C=O) groups excluding carboxylic acids is 1. The lowest BCUT2D eigenvalue weighted by Gasteiger charge is -2.03. The summed E-state index contributed by atoms with van der Waals surface area (Å²) in [5.74, 6) is -0.616. The van der Waals surface area contributed by atoms with E-state index in [0.29, 0.717) is 18.5 Å². The minimum absolute atomic E-state index is 0.0401. The topological polar surface area (TPSA) is 106 Å². The predicted molar refractivity (Wildman–Crippen MR) is 93.5 cm³/mol. The lowest BCUT2D eigenvalue weighted by molar-refractivity contribution is -0.117. The Morgan fingerprint density at radius 1 is 1.24 bits per heavy atom. The van der Waals surface area contributed by atoms with Gasteiger partial charge < -0.3 is 15.5 Å². The van der Waals surface area contributed by atoms with Gasteiger partial charge >= 0.3 is 0 Å². The second-order valence-electron chi connectivity index (χ2n) is 5.16. The molecular weight excluding hydrogens is 318 g/mol. The van der Waals surface area contributed by atoms with Crippen molar-refractivity contribution in [1.82, 2.24) is 10.3 Å². The Hall–Kier alpha value is -3.59. The van der Waals surface area contributed by atoms with E-state index in [4.69, 9.17) is 5.26 Å². The molecule has 0 atom stereocenters. The van der Waals surface area contributed by atoms with Crippen molar-refractivity contribution in [3.05, 3.63) is 71.6 Å². The molecule has 25 heavy (non-hydrogen) atoms. The molecule has 1 amide bonds. The van der Waals surface area contributed by atoms with Gasteiger partial charge in [0.15, 0.2) is 0 Å². The highest BCUT2D eigenvalue weighted by atomic mass is 16.3. The van der Waals surface area contributed by atoms with Crippen LogP contribution in [0.15, 0.2) is 60.3 Å². The molecule has 0 aliphatic rings. The molecule has 6 heteroatoms. The number of aromatic nitrogens is 1. The van der Waals surface area contributed by atoms with E-state index in [0.717, 1.165) is 5.69 Å². The number of hydrogen-bond donors (Lipinski definition) is 3. The van der Waals surface area contributed by atoms with Crippen LogP contribution in [0.4, 0.5) is 0 Å². The number of amides is 1. The standard InChI is InChI=1S/C19H17N3O3/c20-13-15(5-3-4-14-10-17(23)12-18(24)11-14)19(25)22-9-7-16-6-1-2-8-21-16/h1-6,8,10-12,23-24H,7,9H2,(H,22,25)/b4-3+,15-5+. The fourth-order valence-corrected chi connectivity index (χ4v) is 2.08. The van der Waals surface area contributed by atoms with Gasteiger partial charge in [0.2, 0.25) is 0 Å². The van der Waals surface area contributed by atoms with Crippen LogP contribution < -0.4 is 5.32 Å². The fraction of sp³-hybridized carbons (Fsp3) is 0.105. The first-order valence-corrected chi connectivity index (χ1v) is 7.58. The number of benzene rings is 1. The molecule has 0 aliphatic heterocycles. The van der Waals surface area contributed by atoms with Crippen LogP contribution in [0.1, 0.15) is 11.3 Å². The van der Waals surface area contributed by atoms with Crippen molar-refractivity contribution in [3.63, 3.8) is 0 Å². The molecule has 6 nitrogen and oxygen atoms in total. The second kappa shape index (κ2) is 8.89. The van der Waals surface area contributed by atoms with E-state index in [1.54, 1.807) is 12.3 Å². The third-order valence-corrected chi connectivity index (χ3v) is 3.23. The molecule has 0 fully saturated rings. The van der Waals surface area contributed by atoms with Gasteiger partial charge in [0.25, 0.3) is 5.91 Å². The first-order chi connectivity index (χ1) is 12.1. The van der Waals surface area contributed by atoms with Crippen LogP contribution in [0.2, 0.25) is 0 Å². The molecule has 0 bridgehead atoms. The average Bonchev–Trinajstić information content (AvgIpc) is 2.59. The summed E-state index contributed by atoms with van der Waals surface area (Å²) >= 11 is 0. The zero-order valence-corrected chi connectivity index (χ0v) is 13.4. The van der Waals surface area contributed by atoms with Crippen LogP contribution in [-0.2, 0) is 11.2 Å². The number of rotatable bonds is 6. The van der Waals surface area contributed by atoms with Gasteiger partial charge in [0, 0.05) is 30.9 Å². The number of nitriles is 1. The van der Waals surface area contributed by atoms with E-state index < -0.39 is 5.91 Å². The maximum absolute atomic E-state index is 12.0. The predicted octanol–water partition coefficient (Wildman–Crippen LogP) is 2.31. The summed E-state index contributed by atoms with van der Waals surface area (Å²) in [6.07, 6.45) is 6.70. The zero-order chi connectivity index (χ0) is 18.1. The molecule has 3 N–H and O–H groups in total. The maximum Gasteiger partial charge on any atom is 0.261 e. The van der Waals surface area contributed by atoms with Crippen molar-refractivity contribution in [3.8, 4) is 17.6 Å². The number of pyridine rings is 1. The first kappa shape index (κ1) is 17.8. The fourth-order valence-electron chi connectivity index (χ4n) is 2.08. The Balaban J connectivity index is 1.93. The lowest BCUT2D eigenvalue weighted by atomic mass is 10.1. The number of aromatic hydroxyl groups is 2. The van der Waals surface area contributed by atoms with Gasteiger partial charge in [-0.3, -0.25) is 9.78 Å². The van der Waals surface area contributed by atoms with Crippen molar-refractivity contribution in [2.45, 2.75) is 6.42 Å². The molecule has 1 aromatic heterocycles. The van der Waals surface area contributed by atoms with Gasteiger partial charge in [0.05, 0.1) is 0 Å². The van der Waals surface area contributed by atoms with Crippen molar-refractivity contribution >= 4 is 12.0 Å². The molecule has 0 unspecified atom stereocenters. The van der Waals surface area contributed by atoms with Crippen LogP contribution in [-0.4, -0.2) is 27.6 Å². The Bertz CT molecular complexity index is 816. The summed E-state index contributed by atoms with van der Waals surface area (Å²) in [5.41, 5.74) is 1.36. The van der Waals surface area contributed by atoms with E-state index in [1.807, 2.05) is 24.3 Å². The minimum Gasteiger partial charge on any atom is -0.508 e. The van der Waals surface area contributed by atoms with Crippen molar-refractivity contribution in [2.75, 3.05) is 6.54 Å². The van der Waals surface area contributed by atoms with Gasteiger partial charge in [-0.15, -0.1) is 0 Å². The molecule has 126 valence electrons. The molecule has 0 radical (unpaired) electrons. The van der Waals surface area contributed by atoms with E-state index in [2.05, 4.69) is 10.3 Å². The summed E-state index contributed by atoms with van der Waals surface area (Å²) in [7, 11) is 0. The van der Waals surface area contributed by atoms with Gasteiger partial charge in [-0.2, -0.15) is 5.26 Å². The van der Waals surface area contributed by atoms with Gasteiger partial charge in [0.1, 0.15) is 23.1 Å². The van der Waals surface area contributed by atoms with E-state index >= 15 is 0 Å². The number of nitrogens with zero attached hydrogens (tertiary/aromatic N) is 2. The highest BCUT2D eigenvalue weighted by Crippen LogP contribution is 2.21. The molecule has 0 aliphatic carbocycles. The third-order valence-electron chi connectivity index (χ3n) is 3.23. The monoisotopic (exact) mass is 335 g/mol. The molecule has 0 saturated carbocycles. The first-order valence-electron chi connectivity index (χ1n) is 7.58. The van der Waals surface area contributed by atoms with Crippen molar-refractivity contribution < 1.29 is 15.0 Å². The number of hydrogen-bond acceptors (Lipinski definition) is 5. The highest BCUT2D eigenvalue weighted by molar-refractivity contribution is 5.97. The summed E-state index contributed by atoms with van der Waals surface area (Å²) in [5, 5.41) is 30.6. The Kier molecular flexibility index (Phi) is 6.32. The smallest absolute Gasteiger partial charge is 0.261 e. The van der Waals surface area contributed by atoms with Crippen LogP contribution in [0, 0.1) is 11.3 Å². The Labute approximate surface area is 145 Å². The summed E-state index contributed by atoms with van der Waals surface area (Å²) < 4.78 is 0. The summed E-state index contributed by atoms with van der Waals surface area (Å²) in [4.78, 5) is 16.1. The number of carbonyl (C=O) groups is 1. The second-order valence-corrected chi connectivity index (χ2v) is 5.16. The third kappa shape index (κ3) is 5.84. The van der Waals surface area contributed by atoms with E-state index in [-0.39, 0.29) is 17.1 Å². The van der Waals surface area contributed by atoms with Crippen molar-refractivity contribution in [1.29, 1.82) is 5.26 Å². The normalized spacial score (nSPS) is 11.2. The van der Waals surface area contributed by atoms with Crippen LogP contribution in [0.3, 0.4) is 0 Å². The van der Waals surface area contributed by atoms with Gasteiger partial charge in [-0.25, -0.2) is 0 Å². The molecule has 2 aromatic rings. The molecule has 0 spiro atoms. The summed E-state index contributed by atoms with van der Waals surface area (Å²) in [6, 6.07) is 11.5. The van der Waals surface area contributed by atoms with Crippen LogP contribution >= 0.6 is 0 Å². The molecule has 0 saturated heterocycles. The van der Waals surface area contributed by atoms with Gasteiger partial charge in [-0.05, 0) is 35.9 Å². The number of phenolic OH excluding ortho intramolecular Hbond substituents is 2. The zero-order valence-electron chi connectivity index (χ0n) is 13.4. The highest BCUT2D eigenvalue weighted by Gasteiger charge is 2.07. The lowest BCUT2D eigenvalue weighted by Crippen LogP contribution is -2.26. The van der Waals surface area contributed by atoms with Crippen LogP contribution in [0.5, 0.6) is 11.5 Å². The van der Waals surface area contributed by atoms with E-state index in [9.17, 15) is 15.0 Å². The maximum atomic E-state index is 12.0. The Morgan fingerprint density at radius 3 is 2.64 bits per heavy atom. The summed E-state index contributed by atoms with van der Waals surface area (Å²) in [6.45, 7) is 0.374. The largest absolute Gasteiger partial charge is 0.508 e. The van der Waals surface area contributed by atoms with Crippen LogP contribution in [0.25, 0.3) is 6.08 Å². The molecule has 2 rings (SSSR count). The minimum atomic E-state index is -0.471. The van der Waals surface area contributed by atoms with Crippen molar-refractivity contribution in [2.24, 2.45) is 0 Å². The van der Waals surface area contributed by atoms with Gasteiger partial charge in [-0.1, -0.05) is 18.2 Å². The molecular formula is C19H17N3O3.